The van der Waals surface area contributed by atoms with Crippen molar-refractivity contribution < 1.29 is 4.79 Å². The van der Waals surface area contributed by atoms with Gasteiger partial charge in [-0.1, -0.05) is 12.8 Å². The molecule has 0 atom stereocenters. The number of carbonyl (C=O) groups is 1. The second kappa shape index (κ2) is 5.87. The molecule has 0 radical (unpaired) electrons. The van der Waals surface area contributed by atoms with Crippen molar-refractivity contribution in [3.05, 3.63) is 18.2 Å². The molecule has 0 aliphatic carbocycles. The van der Waals surface area contributed by atoms with E-state index in [1.165, 1.54) is 25.7 Å². The molecule has 0 amide bonds. The minimum atomic E-state index is -0.456. The lowest BCUT2D eigenvalue weighted by molar-refractivity contribution is 0.0634. The highest BCUT2D eigenvalue weighted by molar-refractivity contribution is 6.00. The average molecular weight is 263 g/mol. The van der Waals surface area contributed by atoms with Gasteiger partial charge in [0.05, 0.1) is 5.54 Å². The van der Waals surface area contributed by atoms with Crippen molar-refractivity contribution in [1.82, 2.24) is 14.5 Å². The third kappa shape index (κ3) is 2.89. The fourth-order valence-electron chi connectivity index (χ4n) is 2.82. The number of hydrogen-bond donors (Lipinski definition) is 0. The maximum atomic E-state index is 12.8. The standard InChI is InChI=1S/C15H25N3O/c1-4-17-12-9-16-14(17)13(19)15(2,3)18-10-7-5-6-8-11-18/h9,12H,4-8,10-11H2,1-3H3. The van der Waals surface area contributed by atoms with E-state index in [1.807, 2.05) is 31.5 Å². The molecule has 0 unspecified atom stereocenters. The largest absolute Gasteiger partial charge is 0.329 e. The Labute approximate surface area is 115 Å². The molecule has 4 nitrogen and oxygen atoms in total. The molecule has 2 rings (SSSR count). The van der Waals surface area contributed by atoms with Crippen LogP contribution in [0, 0.1) is 0 Å². The smallest absolute Gasteiger partial charge is 0.217 e. The van der Waals surface area contributed by atoms with Gasteiger partial charge in [-0.15, -0.1) is 0 Å². The Morgan fingerprint density at radius 2 is 1.89 bits per heavy atom. The monoisotopic (exact) mass is 263 g/mol. The maximum absolute atomic E-state index is 12.8. The first kappa shape index (κ1) is 14.3. The van der Waals surface area contributed by atoms with Crippen LogP contribution in [0.3, 0.4) is 0 Å². The number of imidazole rings is 1. The topological polar surface area (TPSA) is 38.1 Å². The Kier molecular flexibility index (Phi) is 4.40. The molecule has 0 bridgehead atoms. The summed E-state index contributed by atoms with van der Waals surface area (Å²) in [7, 11) is 0. The van der Waals surface area contributed by atoms with Crippen molar-refractivity contribution in [2.45, 2.75) is 58.5 Å². The number of likely N-dealkylation sites (tertiary alicyclic amines) is 1. The quantitative estimate of drug-likeness (QED) is 0.784. The predicted octanol–water partition coefficient (Wildman–Crippen LogP) is 2.74. The van der Waals surface area contributed by atoms with Gasteiger partial charge in [0.1, 0.15) is 0 Å². The Hall–Kier alpha value is -1.16. The van der Waals surface area contributed by atoms with Crippen LogP contribution in [-0.4, -0.2) is 38.9 Å². The van der Waals surface area contributed by atoms with Gasteiger partial charge < -0.3 is 4.57 Å². The lowest BCUT2D eigenvalue weighted by Crippen LogP contribution is -2.51. The predicted molar refractivity (Wildman–Crippen MR) is 76.4 cm³/mol. The van der Waals surface area contributed by atoms with Crippen LogP contribution in [-0.2, 0) is 6.54 Å². The molecule has 2 heterocycles. The van der Waals surface area contributed by atoms with Crippen molar-refractivity contribution in [1.29, 1.82) is 0 Å². The van der Waals surface area contributed by atoms with Crippen molar-refractivity contribution in [3.63, 3.8) is 0 Å². The molecule has 1 fully saturated rings. The Morgan fingerprint density at radius 1 is 1.26 bits per heavy atom. The van der Waals surface area contributed by atoms with E-state index < -0.39 is 5.54 Å². The first-order valence-corrected chi connectivity index (χ1v) is 7.38. The van der Waals surface area contributed by atoms with Crippen molar-refractivity contribution in [2.24, 2.45) is 0 Å². The molecule has 1 aliphatic rings. The zero-order valence-electron chi connectivity index (χ0n) is 12.4. The van der Waals surface area contributed by atoms with E-state index >= 15 is 0 Å². The van der Waals surface area contributed by atoms with Crippen LogP contribution < -0.4 is 0 Å². The Morgan fingerprint density at radius 3 is 2.47 bits per heavy atom. The third-order valence-corrected chi connectivity index (χ3v) is 4.21. The number of Topliss-reactive ketones (excluding diaryl/α,β-unsaturated/α-hetero) is 1. The highest BCUT2D eigenvalue weighted by Crippen LogP contribution is 2.23. The van der Waals surface area contributed by atoms with Gasteiger partial charge in [-0.05, 0) is 46.7 Å². The van der Waals surface area contributed by atoms with Crippen LogP contribution in [0.4, 0.5) is 0 Å². The molecular weight excluding hydrogens is 238 g/mol. The van der Waals surface area contributed by atoms with E-state index in [9.17, 15) is 4.79 Å². The summed E-state index contributed by atoms with van der Waals surface area (Å²) in [5.74, 6) is 0.734. The minimum Gasteiger partial charge on any atom is -0.329 e. The minimum absolute atomic E-state index is 0.140. The maximum Gasteiger partial charge on any atom is 0.217 e. The van der Waals surface area contributed by atoms with E-state index in [-0.39, 0.29) is 5.78 Å². The number of hydrogen-bond acceptors (Lipinski definition) is 3. The molecule has 0 spiro atoms. The normalized spacial score (nSPS) is 18.3. The first-order chi connectivity index (χ1) is 9.07. The average Bonchev–Trinajstić information content (AvgIpc) is 2.69. The fourth-order valence-corrected chi connectivity index (χ4v) is 2.82. The van der Waals surface area contributed by atoms with E-state index in [1.54, 1.807) is 6.20 Å². The fraction of sp³-hybridized carbons (Fsp3) is 0.733. The first-order valence-electron chi connectivity index (χ1n) is 7.38. The molecule has 0 N–H and O–H groups in total. The molecular formula is C15H25N3O. The molecule has 106 valence electrons. The lowest BCUT2D eigenvalue weighted by Gasteiger charge is -2.36. The third-order valence-electron chi connectivity index (χ3n) is 4.21. The molecule has 0 saturated carbocycles. The SMILES string of the molecule is CCn1ccnc1C(=O)C(C)(C)N1CCCCCC1. The van der Waals surface area contributed by atoms with Gasteiger partial charge >= 0.3 is 0 Å². The van der Waals surface area contributed by atoms with Crippen LogP contribution in [0.2, 0.25) is 0 Å². The van der Waals surface area contributed by atoms with Crippen LogP contribution in [0.15, 0.2) is 12.4 Å². The zero-order chi connectivity index (χ0) is 13.9. The van der Waals surface area contributed by atoms with Crippen LogP contribution in [0.25, 0.3) is 0 Å². The second-order valence-electron chi connectivity index (χ2n) is 5.83. The molecule has 1 saturated heterocycles. The second-order valence-corrected chi connectivity index (χ2v) is 5.83. The van der Waals surface area contributed by atoms with Crippen molar-refractivity contribution in [3.8, 4) is 0 Å². The molecule has 0 aromatic carbocycles. The van der Waals surface area contributed by atoms with Crippen molar-refractivity contribution in [2.75, 3.05) is 13.1 Å². The number of ketones is 1. The number of nitrogens with zero attached hydrogens (tertiary/aromatic N) is 3. The zero-order valence-corrected chi connectivity index (χ0v) is 12.4. The van der Waals surface area contributed by atoms with E-state index in [0.29, 0.717) is 5.82 Å². The summed E-state index contributed by atoms with van der Waals surface area (Å²) >= 11 is 0. The molecule has 19 heavy (non-hydrogen) atoms. The summed E-state index contributed by atoms with van der Waals surface area (Å²) in [5.41, 5.74) is -0.456. The van der Waals surface area contributed by atoms with Crippen LogP contribution in [0.5, 0.6) is 0 Å². The lowest BCUT2D eigenvalue weighted by atomic mass is 9.95. The summed E-state index contributed by atoms with van der Waals surface area (Å²) in [6, 6.07) is 0. The van der Waals surface area contributed by atoms with E-state index in [4.69, 9.17) is 0 Å². The van der Waals surface area contributed by atoms with Crippen LogP contribution >= 0.6 is 0 Å². The molecule has 1 aromatic rings. The van der Waals surface area contributed by atoms with Crippen LogP contribution in [0.1, 0.15) is 57.1 Å². The number of aromatic nitrogens is 2. The summed E-state index contributed by atoms with van der Waals surface area (Å²) in [5, 5.41) is 0. The Bertz CT molecular complexity index is 428. The summed E-state index contributed by atoms with van der Waals surface area (Å²) in [6.45, 7) is 8.94. The highest BCUT2D eigenvalue weighted by atomic mass is 16.1. The number of rotatable bonds is 4. The molecule has 4 heteroatoms. The number of aryl methyl sites for hydroxylation is 1. The summed E-state index contributed by atoms with van der Waals surface area (Å²) in [4.78, 5) is 19.4. The van der Waals surface area contributed by atoms with Gasteiger partial charge in [-0.25, -0.2) is 4.98 Å². The molecule has 1 aliphatic heterocycles. The van der Waals surface area contributed by atoms with Gasteiger partial charge in [0.2, 0.25) is 5.78 Å². The summed E-state index contributed by atoms with van der Waals surface area (Å²) in [6.07, 6.45) is 8.55. The Balaban J connectivity index is 2.20. The van der Waals surface area contributed by atoms with Gasteiger partial charge in [0.25, 0.3) is 0 Å². The van der Waals surface area contributed by atoms with Gasteiger partial charge in [0.15, 0.2) is 5.82 Å². The van der Waals surface area contributed by atoms with Gasteiger partial charge in [-0.3, -0.25) is 9.69 Å². The van der Waals surface area contributed by atoms with Gasteiger partial charge in [0, 0.05) is 18.9 Å². The van der Waals surface area contributed by atoms with E-state index in [2.05, 4.69) is 9.88 Å². The van der Waals surface area contributed by atoms with Crippen molar-refractivity contribution >= 4 is 5.78 Å². The summed E-state index contributed by atoms with van der Waals surface area (Å²) < 4.78 is 1.93. The number of carbonyl (C=O) groups excluding carboxylic acids is 1. The van der Waals surface area contributed by atoms with E-state index in [0.717, 1.165) is 19.6 Å². The molecule has 1 aromatic heterocycles. The highest BCUT2D eigenvalue weighted by Gasteiger charge is 2.37. The van der Waals surface area contributed by atoms with Gasteiger partial charge in [-0.2, -0.15) is 0 Å².